The van der Waals surface area contributed by atoms with E-state index in [1.54, 1.807) is 0 Å². The van der Waals surface area contributed by atoms with Crippen molar-refractivity contribution in [2.45, 2.75) is 63.5 Å². The number of primary amides is 1. The molecule has 1 saturated carbocycles. The Morgan fingerprint density at radius 3 is 2.36 bits per heavy atom. The largest absolute Gasteiger partial charge is 0.365 e. The molecule has 2 fully saturated rings. The van der Waals surface area contributed by atoms with Gasteiger partial charge in [0, 0.05) is 18.2 Å². The van der Waals surface area contributed by atoms with Gasteiger partial charge in [-0.15, -0.1) is 0 Å². The first-order chi connectivity index (χ1) is 12.2. The number of nitrogens with one attached hydrogen (secondary N) is 1. The zero-order chi connectivity index (χ0) is 17.6. The molecule has 2 amide bonds. The molecule has 3 N–H and O–H groups in total. The van der Waals surface area contributed by atoms with Crippen molar-refractivity contribution in [3.05, 3.63) is 30.3 Å². The maximum Gasteiger partial charge on any atom is 0.282 e. The highest BCUT2D eigenvalue weighted by Gasteiger charge is 2.35. The van der Waals surface area contributed by atoms with Crippen LogP contribution in [0.2, 0.25) is 0 Å². The Kier molecular flexibility index (Phi) is 6.08. The zero-order valence-electron chi connectivity index (χ0n) is 15.0. The second kappa shape index (κ2) is 8.48. The molecule has 0 bridgehead atoms. The Morgan fingerprint density at radius 1 is 1.00 bits per heavy atom. The van der Waals surface area contributed by atoms with E-state index in [2.05, 4.69) is 0 Å². The van der Waals surface area contributed by atoms with Crippen molar-refractivity contribution >= 4 is 17.5 Å². The third kappa shape index (κ3) is 4.40. The fraction of sp³-hybridized carbons (Fsp3) is 0.600. The Bertz CT molecular complexity index is 584. The lowest BCUT2D eigenvalue weighted by molar-refractivity contribution is -0.913. The van der Waals surface area contributed by atoms with Crippen LogP contribution in [0.1, 0.15) is 51.4 Å². The van der Waals surface area contributed by atoms with Crippen LogP contribution in [-0.2, 0) is 9.59 Å². The summed E-state index contributed by atoms with van der Waals surface area (Å²) in [6.45, 7) is 1.21. The van der Waals surface area contributed by atoms with Gasteiger partial charge in [-0.2, -0.15) is 0 Å². The molecule has 1 aliphatic heterocycles. The normalized spacial score (nSPS) is 24.6. The first-order valence-electron chi connectivity index (χ1n) is 9.68. The van der Waals surface area contributed by atoms with Crippen molar-refractivity contribution in [3.8, 4) is 0 Å². The number of carbonyl (C=O) groups excluding carboxylic acids is 2. The van der Waals surface area contributed by atoms with Crippen molar-refractivity contribution in [1.82, 2.24) is 0 Å². The lowest BCUT2D eigenvalue weighted by Gasteiger charge is -2.36. The van der Waals surface area contributed by atoms with Gasteiger partial charge in [0.1, 0.15) is 0 Å². The highest BCUT2D eigenvalue weighted by Crippen LogP contribution is 2.27. The monoisotopic (exact) mass is 344 g/mol. The molecule has 2 atom stereocenters. The van der Waals surface area contributed by atoms with E-state index in [1.807, 2.05) is 35.2 Å². The fourth-order valence-corrected chi connectivity index (χ4v) is 4.40. The van der Waals surface area contributed by atoms with Crippen molar-refractivity contribution < 1.29 is 14.5 Å². The zero-order valence-corrected chi connectivity index (χ0v) is 15.0. The molecule has 1 unspecified atom stereocenters. The van der Waals surface area contributed by atoms with Gasteiger partial charge in [-0.25, -0.2) is 0 Å². The van der Waals surface area contributed by atoms with Gasteiger partial charge in [0.2, 0.25) is 0 Å². The molecule has 1 aromatic rings. The number of hydrogen-bond donors (Lipinski definition) is 2. The summed E-state index contributed by atoms with van der Waals surface area (Å²) in [4.78, 5) is 28.0. The molecule has 2 aliphatic rings. The molecule has 1 heterocycles. The lowest BCUT2D eigenvalue weighted by Crippen LogP contribution is -3.18. The number of quaternary nitrogens is 1. The predicted molar refractivity (Wildman–Crippen MR) is 98.3 cm³/mol. The number of hydrogen-bond acceptors (Lipinski definition) is 2. The molecule has 3 rings (SSSR count). The van der Waals surface area contributed by atoms with Gasteiger partial charge < -0.3 is 15.5 Å². The van der Waals surface area contributed by atoms with Gasteiger partial charge >= 0.3 is 0 Å². The quantitative estimate of drug-likeness (QED) is 0.845. The third-order valence-corrected chi connectivity index (χ3v) is 5.70. The maximum absolute atomic E-state index is 13.2. The first-order valence-corrected chi connectivity index (χ1v) is 9.68. The number of anilines is 1. The van der Waals surface area contributed by atoms with Crippen molar-refractivity contribution in [1.29, 1.82) is 0 Å². The van der Waals surface area contributed by atoms with E-state index in [4.69, 9.17) is 5.73 Å². The summed E-state index contributed by atoms with van der Waals surface area (Å²) in [7, 11) is 0. The Labute approximate surface area is 150 Å². The average molecular weight is 344 g/mol. The third-order valence-electron chi connectivity index (χ3n) is 5.70. The number of nitrogens with zero attached hydrogens (tertiary/aromatic N) is 1. The number of likely N-dealkylation sites (tertiary alicyclic amines) is 1. The number of rotatable bonds is 5. The molecule has 0 spiro atoms. The highest BCUT2D eigenvalue weighted by atomic mass is 16.2. The number of amides is 2. The lowest BCUT2D eigenvalue weighted by atomic mass is 9.93. The van der Waals surface area contributed by atoms with Gasteiger partial charge in [-0.1, -0.05) is 37.5 Å². The summed E-state index contributed by atoms with van der Waals surface area (Å²) in [5.41, 5.74) is 6.56. The molecular formula is C20H30N3O2+. The van der Waals surface area contributed by atoms with Gasteiger partial charge in [-0.3, -0.25) is 9.59 Å². The summed E-state index contributed by atoms with van der Waals surface area (Å²) in [6.07, 6.45) is 8.63. The number of nitrogens with two attached hydrogens (primary N) is 1. The van der Waals surface area contributed by atoms with Crippen LogP contribution < -0.4 is 15.5 Å². The molecule has 25 heavy (non-hydrogen) atoms. The molecule has 0 radical (unpaired) electrons. The molecule has 5 nitrogen and oxygen atoms in total. The minimum atomic E-state index is -0.272. The highest BCUT2D eigenvalue weighted by molar-refractivity contribution is 5.94. The van der Waals surface area contributed by atoms with E-state index >= 15 is 0 Å². The molecular weight excluding hydrogens is 314 g/mol. The van der Waals surface area contributed by atoms with E-state index in [0.29, 0.717) is 6.54 Å². The van der Waals surface area contributed by atoms with Crippen LogP contribution in [0.4, 0.5) is 5.69 Å². The molecule has 0 aromatic heterocycles. The Balaban J connectivity index is 1.77. The number of piperidine rings is 1. The summed E-state index contributed by atoms with van der Waals surface area (Å²) in [5, 5.41) is 0. The first kappa shape index (κ1) is 17.9. The van der Waals surface area contributed by atoms with Crippen molar-refractivity contribution in [2.24, 2.45) is 5.73 Å². The van der Waals surface area contributed by atoms with Gasteiger partial charge in [-0.05, 0) is 37.8 Å². The van der Waals surface area contributed by atoms with Crippen LogP contribution in [-0.4, -0.2) is 37.0 Å². The Morgan fingerprint density at radius 2 is 1.68 bits per heavy atom. The average Bonchev–Trinajstić information content (AvgIpc) is 2.64. The molecule has 1 aliphatic carbocycles. The van der Waals surface area contributed by atoms with Crippen LogP contribution in [0, 0.1) is 0 Å². The minimum Gasteiger partial charge on any atom is -0.365 e. The van der Waals surface area contributed by atoms with E-state index < -0.39 is 0 Å². The van der Waals surface area contributed by atoms with Crippen molar-refractivity contribution in [3.63, 3.8) is 0 Å². The van der Waals surface area contributed by atoms with E-state index in [1.165, 1.54) is 19.3 Å². The van der Waals surface area contributed by atoms with Gasteiger partial charge in [0.25, 0.3) is 11.8 Å². The minimum absolute atomic E-state index is 0.126. The number of carbonyl (C=O) groups is 2. The van der Waals surface area contributed by atoms with Crippen LogP contribution in [0.5, 0.6) is 0 Å². The van der Waals surface area contributed by atoms with E-state index in [-0.39, 0.29) is 23.9 Å². The Hall–Kier alpha value is -1.88. The SMILES string of the molecule is NC(=O)[C@@H]1CCCC[NH+]1CC(=O)N(c1ccccc1)C1CCCCC1. The van der Waals surface area contributed by atoms with Crippen molar-refractivity contribution in [2.75, 3.05) is 18.0 Å². The second-order valence-electron chi connectivity index (χ2n) is 7.43. The summed E-state index contributed by atoms with van der Waals surface area (Å²) >= 11 is 0. The molecule has 5 heteroatoms. The van der Waals surface area contributed by atoms with E-state index in [0.717, 1.165) is 49.2 Å². The smallest absolute Gasteiger partial charge is 0.282 e. The maximum atomic E-state index is 13.2. The predicted octanol–water partition coefficient (Wildman–Crippen LogP) is 1.28. The van der Waals surface area contributed by atoms with Crippen LogP contribution in [0.25, 0.3) is 0 Å². The van der Waals surface area contributed by atoms with Gasteiger partial charge in [0.05, 0.1) is 6.54 Å². The molecule has 136 valence electrons. The summed E-state index contributed by atoms with van der Waals surface area (Å²) in [5.74, 6) is -0.146. The topological polar surface area (TPSA) is 67.8 Å². The standard InChI is InChI=1S/C20H29N3O2/c21-20(25)18-13-7-8-14-22(18)15-19(24)23(16-9-3-1-4-10-16)17-11-5-2-6-12-17/h1,3-4,9-10,17-18H,2,5-8,11-15H2,(H2,21,25)/p+1/t18-/m0/s1. The second-order valence-corrected chi connectivity index (χ2v) is 7.43. The number of benzene rings is 1. The fourth-order valence-electron chi connectivity index (χ4n) is 4.40. The van der Waals surface area contributed by atoms with Crippen LogP contribution in [0.15, 0.2) is 30.3 Å². The summed E-state index contributed by atoms with van der Waals surface area (Å²) in [6, 6.07) is 10.0. The molecule has 1 aromatic carbocycles. The van der Waals surface area contributed by atoms with Gasteiger partial charge in [0.15, 0.2) is 12.6 Å². The van der Waals surface area contributed by atoms with E-state index in [9.17, 15) is 9.59 Å². The van der Waals surface area contributed by atoms with Crippen LogP contribution >= 0.6 is 0 Å². The number of para-hydroxylation sites is 1. The summed E-state index contributed by atoms with van der Waals surface area (Å²) < 4.78 is 0. The van der Waals surface area contributed by atoms with Crippen LogP contribution in [0.3, 0.4) is 0 Å². The molecule has 1 saturated heterocycles.